The zero-order valence-corrected chi connectivity index (χ0v) is 15.9. The quantitative estimate of drug-likeness (QED) is 0.783. The predicted molar refractivity (Wildman–Crippen MR) is 103 cm³/mol. The van der Waals surface area contributed by atoms with Gasteiger partial charge in [0.1, 0.15) is 18.5 Å². The van der Waals surface area contributed by atoms with Crippen LogP contribution in [-0.4, -0.2) is 41.7 Å². The normalized spacial score (nSPS) is 23.0. The molecule has 3 atom stereocenters. The van der Waals surface area contributed by atoms with E-state index in [1.165, 1.54) is 5.56 Å². The van der Waals surface area contributed by atoms with Crippen LogP contribution >= 0.6 is 11.6 Å². The summed E-state index contributed by atoms with van der Waals surface area (Å²) in [4.78, 5) is 0. The SMILES string of the molecule is Cc1cc(OC[C@@H]2C[C@@H](O)[C@H](O)CO2)cc(C)c1-c1cccc(CCl)c1. The van der Waals surface area contributed by atoms with Crippen LogP contribution in [0.15, 0.2) is 36.4 Å². The molecule has 0 unspecified atom stereocenters. The van der Waals surface area contributed by atoms with Gasteiger partial charge in [0, 0.05) is 12.3 Å². The van der Waals surface area contributed by atoms with E-state index in [1.54, 1.807) is 0 Å². The van der Waals surface area contributed by atoms with Gasteiger partial charge >= 0.3 is 0 Å². The molecule has 1 saturated heterocycles. The highest BCUT2D eigenvalue weighted by Crippen LogP contribution is 2.32. The molecule has 1 aliphatic rings. The van der Waals surface area contributed by atoms with Gasteiger partial charge in [-0.05, 0) is 59.9 Å². The summed E-state index contributed by atoms with van der Waals surface area (Å²) in [5.41, 5.74) is 5.70. The molecule has 0 aliphatic carbocycles. The highest BCUT2D eigenvalue weighted by molar-refractivity contribution is 6.17. The molecule has 1 aliphatic heterocycles. The predicted octanol–water partition coefficient (Wildman–Crippen LogP) is 3.60. The summed E-state index contributed by atoms with van der Waals surface area (Å²) in [5.74, 6) is 1.27. The van der Waals surface area contributed by atoms with E-state index in [4.69, 9.17) is 21.1 Å². The van der Waals surface area contributed by atoms with Crippen molar-refractivity contribution in [3.63, 3.8) is 0 Å². The Balaban J connectivity index is 1.73. The molecule has 0 bridgehead atoms. The lowest BCUT2D eigenvalue weighted by Gasteiger charge is -2.30. The maximum absolute atomic E-state index is 9.74. The van der Waals surface area contributed by atoms with Gasteiger partial charge in [0.2, 0.25) is 0 Å². The van der Waals surface area contributed by atoms with Gasteiger partial charge in [-0.25, -0.2) is 0 Å². The van der Waals surface area contributed by atoms with Crippen molar-refractivity contribution in [1.82, 2.24) is 0 Å². The van der Waals surface area contributed by atoms with Crippen molar-refractivity contribution in [3.8, 4) is 16.9 Å². The fourth-order valence-corrected chi connectivity index (χ4v) is 3.58. The first-order valence-corrected chi connectivity index (χ1v) is 9.38. The molecule has 0 amide bonds. The minimum Gasteiger partial charge on any atom is -0.491 e. The lowest BCUT2D eigenvalue weighted by atomic mass is 9.94. The summed E-state index contributed by atoms with van der Waals surface area (Å²) >= 11 is 5.96. The first-order valence-electron chi connectivity index (χ1n) is 8.85. The molecule has 4 nitrogen and oxygen atoms in total. The Morgan fingerprint density at radius 1 is 1.12 bits per heavy atom. The molecule has 5 heteroatoms. The number of aliphatic hydroxyl groups is 2. The van der Waals surface area contributed by atoms with Crippen molar-refractivity contribution in [2.75, 3.05) is 13.2 Å². The Labute approximate surface area is 159 Å². The van der Waals surface area contributed by atoms with Crippen LogP contribution in [0.3, 0.4) is 0 Å². The Bertz CT molecular complexity index is 738. The number of rotatable bonds is 5. The minimum atomic E-state index is -0.807. The van der Waals surface area contributed by atoms with Gasteiger partial charge in [0.25, 0.3) is 0 Å². The van der Waals surface area contributed by atoms with Crippen LogP contribution in [0, 0.1) is 13.8 Å². The van der Waals surface area contributed by atoms with E-state index in [0.717, 1.165) is 28.0 Å². The summed E-state index contributed by atoms with van der Waals surface area (Å²) in [5, 5.41) is 19.2. The fourth-order valence-electron chi connectivity index (χ4n) is 3.42. The summed E-state index contributed by atoms with van der Waals surface area (Å²) in [6.07, 6.45) is -1.40. The lowest BCUT2D eigenvalue weighted by molar-refractivity contribution is -0.129. The molecule has 2 aromatic rings. The maximum Gasteiger partial charge on any atom is 0.120 e. The Morgan fingerprint density at radius 2 is 1.85 bits per heavy atom. The second-order valence-corrected chi connectivity index (χ2v) is 7.17. The van der Waals surface area contributed by atoms with Crippen molar-refractivity contribution in [1.29, 1.82) is 0 Å². The number of ether oxygens (including phenoxy) is 2. The monoisotopic (exact) mass is 376 g/mol. The Hall–Kier alpha value is -1.59. The first-order chi connectivity index (χ1) is 12.5. The molecule has 26 heavy (non-hydrogen) atoms. The Kier molecular flexibility index (Phi) is 6.20. The third kappa shape index (κ3) is 4.38. The maximum atomic E-state index is 9.74. The number of alkyl halides is 1. The summed E-state index contributed by atoms with van der Waals surface area (Å²) in [7, 11) is 0. The molecule has 1 heterocycles. The standard InChI is InChI=1S/C21H25ClO4/c1-13-6-17(25-11-18-9-19(23)20(24)12-26-18)7-14(2)21(13)16-5-3-4-15(8-16)10-22/h3-8,18-20,23-24H,9-12H2,1-2H3/t18-,19+,20+/m0/s1. The second-order valence-electron chi connectivity index (χ2n) is 6.90. The van der Waals surface area contributed by atoms with Gasteiger partial charge in [0.15, 0.2) is 0 Å². The molecule has 0 saturated carbocycles. The molecule has 0 aromatic heterocycles. The number of benzene rings is 2. The van der Waals surface area contributed by atoms with Crippen LogP contribution in [0.4, 0.5) is 0 Å². The van der Waals surface area contributed by atoms with E-state index in [2.05, 4.69) is 26.0 Å². The lowest BCUT2D eigenvalue weighted by Crippen LogP contribution is -2.43. The van der Waals surface area contributed by atoms with Gasteiger partial charge in [-0.2, -0.15) is 0 Å². The highest BCUT2D eigenvalue weighted by atomic mass is 35.5. The zero-order valence-electron chi connectivity index (χ0n) is 15.1. The summed E-state index contributed by atoms with van der Waals surface area (Å²) in [6.45, 7) is 4.63. The number of aliphatic hydroxyl groups excluding tert-OH is 2. The smallest absolute Gasteiger partial charge is 0.120 e. The number of hydrogen-bond acceptors (Lipinski definition) is 4. The van der Waals surface area contributed by atoms with Crippen LogP contribution in [0.5, 0.6) is 5.75 Å². The van der Waals surface area contributed by atoms with Crippen molar-refractivity contribution >= 4 is 11.6 Å². The molecule has 0 radical (unpaired) electrons. The average Bonchev–Trinajstić information content (AvgIpc) is 2.62. The fraction of sp³-hybridized carbons (Fsp3) is 0.429. The molecule has 1 fully saturated rings. The van der Waals surface area contributed by atoms with Crippen molar-refractivity contribution in [2.45, 2.75) is 44.5 Å². The molecular formula is C21H25ClO4. The zero-order chi connectivity index (χ0) is 18.7. The van der Waals surface area contributed by atoms with Crippen LogP contribution in [-0.2, 0) is 10.6 Å². The molecule has 0 spiro atoms. The molecule has 2 N–H and O–H groups in total. The van der Waals surface area contributed by atoms with Crippen molar-refractivity contribution in [2.24, 2.45) is 0 Å². The Morgan fingerprint density at radius 3 is 2.50 bits per heavy atom. The van der Waals surface area contributed by atoms with E-state index in [9.17, 15) is 10.2 Å². The second kappa shape index (κ2) is 8.40. The largest absolute Gasteiger partial charge is 0.491 e. The third-order valence-electron chi connectivity index (χ3n) is 4.76. The third-order valence-corrected chi connectivity index (χ3v) is 5.07. The van der Waals surface area contributed by atoms with E-state index in [0.29, 0.717) is 18.9 Å². The van der Waals surface area contributed by atoms with Crippen molar-refractivity contribution < 1.29 is 19.7 Å². The van der Waals surface area contributed by atoms with E-state index < -0.39 is 12.2 Å². The van der Waals surface area contributed by atoms with Crippen molar-refractivity contribution in [3.05, 3.63) is 53.1 Å². The summed E-state index contributed by atoms with van der Waals surface area (Å²) < 4.78 is 11.4. The highest BCUT2D eigenvalue weighted by Gasteiger charge is 2.28. The van der Waals surface area contributed by atoms with E-state index in [1.807, 2.05) is 24.3 Å². The molecule has 140 valence electrons. The van der Waals surface area contributed by atoms with Gasteiger partial charge in [-0.3, -0.25) is 0 Å². The van der Waals surface area contributed by atoms with Crippen LogP contribution in [0.2, 0.25) is 0 Å². The molecule has 2 aromatic carbocycles. The average molecular weight is 377 g/mol. The first kappa shape index (κ1) is 19.2. The van der Waals surface area contributed by atoms with Gasteiger partial charge in [-0.15, -0.1) is 11.6 Å². The van der Waals surface area contributed by atoms with E-state index >= 15 is 0 Å². The van der Waals surface area contributed by atoms with E-state index in [-0.39, 0.29) is 12.7 Å². The number of halogens is 1. The van der Waals surface area contributed by atoms with Gasteiger partial charge in [-0.1, -0.05) is 18.2 Å². The molecular weight excluding hydrogens is 352 g/mol. The minimum absolute atomic E-state index is 0.142. The van der Waals surface area contributed by atoms with Crippen LogP contribution < -0.4 is 4.74 Å². The topological polar surface area (TPSA) is 58.9 Å². The van der Waals surface area contributed by atoms with Gasteiger partial charge in [0.05, 0.1) is 18.8 Å². The van der Waals surface area contributed by atoms with Crippen LogP contribution in [0.25, 0.3) is 11.1 Å². The number of aryl methyl sites for hydroxylation is 2. The number of hydrogen-bond donors (Lipinski definition) is 2. The molecule has 3 rings (SSSR count). The summed E-state index contributed by atoms with van der Waals surface area (Å²) in [6, 6.07) is 12.3. The van der Waals surface area contributed by atoms with Gasteiger partial charge < -0.3 is 19.7 Å². The van der Waals surface area contributed by atoms with Crippen LogP contribution in [0.1, 0.15) is 23.1 Å².